The van der Waals surface area contributed by atoms with Gasteiger partial charge in [0.15, 0.2) is 0 Å². The van der Waals surface area contributed by atoms with E-state index in [4.69, 9.17) is 0 Å². The lowest BCUT2D eigenvalue weighted by molar-refractivity contribution is -0.126. The molecule has 0 aromatic rings. The topological polar surface area (TPSA) is 58.2 Å². The molecule has 1 fully saturated rings. The van der Waals surface area contributed by atoms with Gasteiger partial charge < -0.3 is 10.6 Å². The van der Waals surface area contributed by atoms with Crippen molar-refractivity contribution in [2.75, 3.05) is 13.1 Å². The molecule has 0 aromatic heterocycles. The van der Waals surface area contributed by atoms with Crippen LogP contribution in [0.25, 0.3) is 0 Å². The molecule has 2 amide bonds. The summed E-state index contributed by atoms with van der Waals surface area (Å²) in [7, 11) is 0. The van der Waals surface area contributed by atoms with E-state index in [1.165, 1.54) is 0 Å². The van der Waals surface area contributed by atoms with Crippen molar-refractivity contribution in [3.8, 4) is 0 Å². The maximum atomic E-state index is 11.0. The second-order valence-electron chi connectivity index (χ2n) is 2.95. The molecule has 1 aliphatic rings. The number of nitrogens with one attached hydrogen (secondary N) is 2. The number of hydrogen-bond donors (Lipinski definition) is 2. The highest BCUT2D eigenvalue weighted by Crippen LogP contribution is 2.28. The predicted molar refractivity (Wildman–Crippen MR) is 44.4 cm³/mol. The van der Waals surface area contributed by atoms with Crippen molar-refractivity contribution in [1.82, 2.24) is 10.6 Å². The fourth-order valence-corrected chi connectivity index (χ4v) is 0.917. The molecule has 4 nitrogen and oxygen atoms in total. The highest BCUT2D eigenvalue weighted by atomic mass is 16.2. The quantitative estimate of drug-likeness (QED) is 0.606. The minimum Gasteiger partial charge on any atom is -0.355 e. The SMILES string of the molecule is CCNC(=O)CNC(=O)C1CC1. The van der Waals surface area contributed by atoms with Gasteiger partial charge in [-0.1, -0.05) is 0 Å². The summed E-state index contributed by atoms with van der Waals surface area (Å²) in [5.74, 6) is 0.0761. The van der Waals surface area contributed by atoms with Crippen LogP contribution in [-0.4, -0.2) is 24.9 Å². The molecule has 1 aliphatic carbocycles. The van der Waals surface area contributed by atoms with Crippen LogP contribution in [-0.2, 0) is 9.59 Å². The van der Waals surface area contributed by atoms with Gasteiger partial charge in [0.25, 0.3) is 0 Å². The molecule has 0 spiro atoms. The van der Waals surface area contributed by atoms with Crippen LogP contribution in [0.5, 0.6) is 0 Å². The van der Waals surface area contributed by atoms with Crippen LogP contribution >= 0.6 is 0 Å². The fraction of sp³-hybridized carbons (Fsp3) is 0.750. The van der Waals surface area contributed by atoms with E-state index in [0.29, 0.717) is 6.54 Å². The molecule has 12 heavy (non-hydrogen) atoms. The van der Waals surface area contributed by atoms with Crippen LogP contribution in [0.15, 0.2) is 0 Å². The Morgan fingerprint density at radius 2 is 2.00 bits per heavy atom. The molecule has 1 saturated carbocycles. The summed E-state index contributed by atoms with van der Waals surface area (Å²) >= 11 is 0. The summed E-state index contributed by atoms with van der Waals surface area (Å²) in [6, 6.07) is 0. The number of carbonyl (C=O) groups is 2. The second kappa shape index (κ2) is 4.09. The van der Waals surface area contributed by atoms with E-state index in [9.17, 15) is 9.59 Å². The highest BCUT2D eigenvalue weighted by Gasteiger charge is 2.29. The van der Waals surface area contributed by atoms with E-state index in [-0.39, 0.29) is 24.3 Å². The van der Waals surface area contributed by atoms with Crippen molar-refractivity contribution in [2.24, 2.45) is 5.92 Å². The number of carbonyl (C=O) groups excluding carboxylic acids is 2. The molecule has 68 valence electrons. The third-order valence-corrected chi connectivity index (χ3v) is 1.75. The summed E-state index contributed by atoms with van der Waals surface area (Å²) in [5, 5.41) is 5.18. The zero-order valence-corrected chi connectivity index (χ0v) is 7.22. The molecule has 0 radical (unpaired) electrons. The predicted octanol–water partition coefficient (Wildman–Crippen LogP) is -0.351. The first-order valence-corrected chi connectivity index (χ1v) is 4.28. The van der Waals surface area contributed by atoms with Gasteiger partial charge >= 0.3 is 0 Å². The molecule has 0 aromatic carbocycles. The molecule has 2 N–H and O–H groups in total. The zero-order valence-electron chi connectivity index (χ0n) is 7.22. The van der Waals surface area contributed by atoms with E-state index in [2.05, 4.69) is 10.6 Å². The van der Waals surface area contributed by atoms with Gasteiger partial charge in [0, 0.05) is 12.5 Å². The first-order chi connectivity index (χ1) is 5.74. The van der Waals surface area contributed by atoms with Crippen LogP contribution in [0.4, 0.5) is 0 Å². The monoisotopic (exact) mass is 170 g/mol. The molecule has 0 bridgehead atoms. The lowest BCUT2D eigenvalue weighted by Gasteiger charge is -2.03. The van der Waals surface area contributed by atoms with Crippen LogP contribution in [0.3, 0.4) is 0 Å². The third-order valence-electron chi connectivity index (χ3n) is 1.75. The van der Waals surface area contributed by atoms with E-state index in [0.717, 1.165) is 12.8 Å². The average Bonchev–Trinajstić information content (AvgIpc) is 2.83. The van der Waals surface area contributed by atoms with Crippen molar-refractivity contribution < 1.29 is 9.59 Å². The van der Waals surface area contributed by atoms with Crippen molar-refractivity contribution in [1.29, 1.82) is 0 Å². The van der Waals surface area contributed by atoms with Crippen molar-refractivity contribution >= 4 is 11.8 Å². The number of likely N-dealkylation sites (N-methyl/N-ethyl adjacent to an activating group) is 1. The standard InChI is InChI=1S/C8H14N2O2/c1-2-9-7(11)5-10-8(12)6-3-4-6/h6H,2-5H2,1H3,(H,9,11)(H,10,12). The Hall–Kier alpha value is -1.06. The molecule has 0 heterocycles. The lowest BCUT2D eigenvalue weighted by Crippen LogP contribution is -2.37. The Bertz CT molecular complexity index is 187. The first kappa shape index (κ1) is 9.03. The van der Waals surface area contributed by atoms with E-state index < -0.39 is 0 Å². The van der Waals surface area contributed by atoms with Gasteiger partial charge in [-0.25, -0.2) is 0 Å². The molecular weight excluding hydrogens is 156 g/mol. The molecule has 4 heteroatoms. The Morgan fingerprint density at radius 3 is 2.50 bits per heavy atom. The maximum absolute atomic E-state index is 11.0. The van der Waals surface area contributed by atoms with Crippen LogP contribution in [0.1, 0.15) is 19.8 Å². The Morgan fingerprint density at radius 1 is 1.33 bits per heavy atom. The zero-order chi connectivity index (χ0) is 8.97. The normalized spacial score (nSPS) is 15.4. The molecule has 0 unspecified atom stereocenters. The average molecular weight is 170 g/mol. The minimum atomic E-state index is -0.119. The molecule has 0 aliphatic heterocycles. The van der Waals surface area contributed by atoms with Crippen molar-refractivity contribution in [2.45, 2.75) is 19.8 Å². The molecule has 1 rings (SSSR count). The van der Waals surface area contributed by atoms with Gasteiger partial charge in [-0.2, -0.15) is 0 Å². The largest absolute Gasteiger partial charge is 0.355 e. The Kier molecular flexibility index (Phi) is 3.08. The van der Waals surface area contributed by atoms with Gasteiger partial charge in [0.1, 0.15) is 0 Å². The molecule has 0 atom stereocenters. The summed E-state index contributed by atoms with van der Waals surface area (Å²) in [6.45, 7) is 2.57. The molecular formula is C8H14N2O2. The van der Waals surface area contributed by atoms with E-state index in [1.54, 1.807) is 0 Å². The van der Waals surface area contributed by atoms with Gasteiger partial charge in [-0.15, -0.1) is 0 Å². The van der Waals surface area contributed by atoms with Crippen LogP contribution in [0.2, 0.25) is 0 Å². The van der Waals surface area contributed by atoms with Gasteiger partial charge in [0.05, 0.1) is 6.54 Å². The molecule has 0 saturated heterocycles. The van der Waals surface area contributed by atoms with Gasteiger partial charge in [-0.3, -0.25) is 9.59 Å². The van der Waals surface area contributed by atoms with Crippen LogP contribution < -0.4 is 10.6 Å². The summed E-state index contributed by atoms with van der Waals surface area (Å²) in [5.41, 5.74) is 0. The first-order valence-electron chi connectivity index (χ1n) is 4.28. The van der Waals surface area contributed by atoms with Gasteiger partial charge in [-0.05, 0) is 19.8 Å². The van der Waals surface area contributed by atoms with Crippen LogP contribution in [0, 0.1) is 5.92 Å². The summed E-state index contributed by atoms with van der Waals surface area (Å²) in [4.78, 5) is 21.9. The number of amides is 2. The maximum Gasteiger partial charge on any atom is 0.239 e. The highest BCUT2D eigenvalue weighted by molar-refractivity contribution is 5.86. The minimum absolute atomic E-state index is 0.0150. The second-order valence-corrected chi connectivity index (χ2v) is 2.95. The summed E-state index contributed by atoms with van der Waals surface area (Å²) in [6.07, 6.45) is 1.95. The third kappa shape index (κ3) is 2.90. The smallest absolute Gasteiger partial charge is 0.239 e. The van der Waals surface area contributed by atoms with E-state index in [1.807, 2.05) is 6.92 Å². The Balaban J connectivity index is 2.07. The van der Waals surface area contributed by atoms with Crippen molar-refractivity contribution in [3.63, 3.8) is 0 Å². The van der Waals surface area contributed by atoms with Crippen molar-refractivity contribution in [3.05, 3.63) is 0 Å². The number of hydrogen-bond acceptors (Lipinski definition) is 2. The Labute approximate surface area is 71.7 Å². The van der Waals surface area contributed by atoms with Gasteiger partial charge in [0.2, 0.25) is 11.8 Å². The fourth-order valence-electron chi connectivity index (χ4n) is 0.917. The number of rotatable bonds is 4. The summed E-state index contributed by atoms with van der Waals surface area (Å²) < 4.78 is 0. The van der Waals surface area contributed by atoms with E-state index >= 15 is 0 Å². The lowest BCUT2D eigenvalue weighted by atomic mass is 10.4.